The highest BCUT2D eigenvalue weighted by Gasteiger charge is 2.25. The molecule has 2 heteroatoms. The Hall–Kier alpha value is -0.530. The Bertz CT molecular complexity index is 309. The molecule has 1 fully saturated rings. The van der Waals surface area contributed by atoms with Crippen LogP contribution in [0.1, 0.15) is 111 Å². The van der Waals surface area contributed by atoms with E-state index in [0.29, 0.717) is 11.8 Å². The van der Waals surface area contributed by atoms with Gasteiger partial charge >= 0.3 is 0 Å². The molecule has 0 radical (unpaired) electrons. The summed E-state index contributed by atoms with van der Waals surface area (Å²) in [5, 5.41) is 0. The summed E-state index contributed by atoms with van der Waals surface area (Å²) in [7, 11) is 0. The number of hydrogen-bond acceptors (Lipinski definition) is 1. The van der Waals surface area contributed by atoms with Crippen molar-refractivity contribution in [3.05, 3.63) is 0 Å². The summed E-state index contributed by atoms with van der Waals surface area (Å²) in [6.07, 6.45) is 17.8. The smallest absolute Gasteiger partial charge is 0.225 e. The van der Waals surface area contributed by atoms with E-state index in [4.69, 9.17) is 0 Å². The Morgan fingerprint density at radius 3 is 1.92 bits per heavy atom. The Labute approximate surface area is 151 Å². The summed E-state index contributed by atoms with van der Waals surface area (Å²) in [6, 6.07) is 0. The van der Waals surface area contributed by atoms with Crippen LogP contribution in [0, 0.1) is 11.8 Å². The molecule has 1 amide bonds. The Kier molecular flexibility index (Phi) is 12.3. The van der Waals surface area contributed by atoms with E-state index in [9.17, 15) is 4.79 Å². The third kappa shape index (κ3) is 8.53. The van der Waals surface area contributed by atoms with Gasteiger partial charge < -0.3 is 4.90 Å². The monoisotopic (exact) mass is 337 g/mol. The van der Waals surface area contributed by atoms with Gasteiger partial charge in [0.25, 0.3) is 0 Å². The zero-order chi connectivity index (χ0) is 17.6. The number of unbranched alkanes of at least 4 members (excludes halogenated alkanes) is 4. The predicted octanol–water partition coefficient (Wildman–Crippen LogP) is 6.58. The molecule has 1 saturated heterocycles. The number of hydrogen-bond donors (Lipinski definition) is 0. The number of rotatable bonds is 14. The van der Waals surface area contributed by atoms with Gasteiger partial charge in [-0.1, -0.05) is 85.0 Å². The fourth-order valence-electron chi connectivity index (χ4n) is 4.10. The first-order valence-corrected chi connectivity index (χ1v) is 11.0. The molecule has 2 nitrogen and oxygen atoms in total. The van der Waals surface area contributed by atoms with Crippen molar-refractivity contribution >= 4 is 5.91 Å². The summed E-state index contributed by atoms with van der Waals surface area (Å²) in [6.45, 7) is 8.90. The number of nitrogens with zero attached hydrogens (tertiary/aromatic N) is 1. The number of likely N-dealkylation sites (tertiary alicyclic amines) is 1. The van der Waals surface area contributed by atoms with Crippen molar-refractivity contribution in [2.75, 3.05) is 13.1 Å². The fourth-order valence-corrected chi connectivity index (χ4v) is 4.10. The first kappa shape index (κ1) is 21.5. The first-order valence-electron chi connectivity index (χ1n) is 11.0. The fraction of sp³-hybridized carbons (Fsp3) is 0.955. The number of carbonyl (C=O) groups excluding carboxylic acids is 1. The van der Waals surface area contributed by atoms with Gasteiger partial charge in [-0.15, -0.1) is 0 Å². The molecular weight excluding hydrogens is 294 g/mol. The quantitative estimate of drug-likeness (QED) is 0.328. The van der Waals surface area contributed by atoms with Crippen LogP contribution in [-0.4, -0.2) is 23.9 Å². The molecule has 0 aromatic carbocycles. The first-order chi connectivity index (χ1) is 11.7. The van der Waals surface area contributed by atoms with E-state index in [1.165, 1.54) is 77.0 Å². The maximum absolute atomic E-state index is 12.8. The van der Waals surface area contributed by atoms with Gasteiger partial charge in [0.2, 0.25) is 5.91 Å². The van der Waals surface area contributed by atoms with E-state index < -0.39 is 0 Å². The standard InChI is InChI=1S/C22H43NO/c1-4-7-9-16-21(22(24)23-18-12-13-19-23)17-11-10-15-20(6-3)14-8-5-2/h20-21H,4-19H2,1-3H3/t20-,21-/m1/s1. The SMILES string of the molecule is CCCCC[C@H](CCCC[C@H](CC)CCCC)C(=O)N1CCCC1. The molecule has 0 aromatic rings. The van der Waals surface area contributed by atoms with Gasteiger partial charge in [-0.3, -0.25) is 4.79 Å². The molecular formula is C22H43NO. The summed E-state index contributed by atoms with van der Waals surface area (Å²) < 4.78 is 0. The average Bonchev–Trinajstić information content (AvgIpc) is 3.13. The minimum Gasteiger partial charge on any atom is -0.342 e. The van der Waals surface area contributed by atoms with E-state index in [0.717, 1.165) is 31.8 Å². The molecule has 24 heavy (non-hydrogen) atoms. The van der Waals surface area contributed by atoms with Crippen molar-refractivity contribution in [1.82, 2.24) is 4.90 Å². The summed E-state index contributed by atoms with van der Waals surface area (Å²) in [5.74, 6) is 1.70. The van der Waals surface area contributed by atoms with Crippen molar-refractivity contribution in [3.63, 3.8) is 0 Å². The van der Waals surface area contributed by atoms with E-state index >= 15 is 0 Å². The van der Waals surface area contributed by atoms with Crippen LogP contribution in [0.2, 0.25) is 0 Å². The molecule has 2 atom stereocenters. The van der Waals surface area contributed by atoms with Crippen LogP contribution >= 0.6 is 0 Å². The van der Waals surface area contributed by atoms with Crippen LogP contribution < -0.4 is 0 Å². The van der Waals surface area contributed by atoms with Crippen LogP contribution in [0.25, 0.3) is 0 Å². The summed E-state index contributed by atoms with van der Waals surface area (Å²) in [5.41, 5.74) is 0. The van der Waals surface area contributed by atoms with Crippen molar-refractivity contribution in [2.24, 2.45) is 11.8 Å². The molecule has 142 valence electrons. The lowest BCUT2D eigenvalue weighted by Crippen LogP contribution is -2.33. The molecule has 0 aromatic heterocycles. The van der Waals surface area contributed by atoms with E-state index in [2.05, 4.69) is 25.7 Å². The highest BCUT2D eigenvalue weighted by molar-refractivity contribution is 5.79. The van der Waals surface area contributed by atoms with Crippen LogP contribution in [0.15, 0.2) is 0 Å². The summed E-state index contributed by atoms with van der Waals surface area (Å²) >= 11 is 0. The average molecular weight is 338 g/mol. The van der Waals surface area contributed by atoms with Crippen molar-refractivity contribution < 1.29 is 4.79 Å². The lowest BCUT2D eigenvalue weighted by atomic mass is 9.90. The molecule has 0 unspecified atom stereocenters. The van der Waals surface area contributed by atoms with E-state index in [-0.39, 0.29) is 0 Å². The van der Waals surface area contributed by atoms with Crippen molar-refractivity contribution in [2.45, 2.75) is 111 Å². The summed E-state index contributed by atoms with van der Waals surface area (Å²) in [4.78, 5) is 14.9. The molecule has 1 aliphatic heterocycles. The second-order valence-corrected chi connectivity index (χ2v) is 7.93. The largest absolute Gasteiger partial charge is 0.342 e. The maximum atomic E-state index is 12.8. The van der Waals surface area contributed by atoms with E-state index in [1.807, 2.05) is 0 Å². The highest BCUT2D eigenvalue weighted by Crippen LogP contribution is 2.25. The van der Waals surface area contributed by atoms with Crippen molar-refractivity contribution in [1.29, 1.82) is 0 Å². The van der Waals surface area contributed by atoms with Crippen molar-refractivity contribution in [3.8, 4) is 0 Å². The third-order valence-corrected chi connectivity index (χ3v) is 5.88. The minimum atomic E-state index is 0.311. The minimum absolute atomic E-state index is 0.311. The molecule has 1 rings (SSSR count). The van der Waals surface area contributed by atoms with Crippen LogP contribution in [0.4, 0.5) is 0 Å². The second-order valence-electron chi connectivity index (χ2n) is 7.93. The van der Waals surface area contributed by atoms with Gasteiger partial charge in [-0.2, -0.15) is 0 Å². The molecule has 0 N–H and O–H groups in total. The lowest BCUT2D eigenvalue weighted by molar-refractivity contribution is -0.135. The Morgan fingerprint density at radius 1 is 0.792 bits per heavy atom. The number of amides is 1. The second kappa shape index (κ2) is 13.7. The Morgan fingerprint density at radius 2 is 1.33 bits per heavy atom. The van der Waals surface area contributed by atoms with Gasteiger partial charge in [0.1, 0.15) is 0 Å². The van der Waals surface area contributed by atoms with E-state index in [1.54, 1.807) is 0 Å². The zero-order valence-corrected chi connectivity index (χ0v) is 16.8. The molecule has 1 heterocycles. The molecule has 0 bridgehead atoms. The van der Waals surface area contributed by atoms with Gasteiger partial charge in [0.05, 0.1) is 0 Å². The maximum Gasteiger partial charge on any atom is 0.225 e. The topological polar surface area (TPSA) is 20.3 Å². The number of carbonyl (C=O) groups is 1. The Balaban J connectivity index is 2.33. The highest BCUT2D eigenvalue weighted by atomic mass is 16.2. The normalized spacial score (nSPS) is 17.2. The van der Waals surface area contributed by atoms with Crippen LogP contribution in [0.5, 0.6) is 0 Å². The molecule has 0 spiro atoms. The van der Waals surface area contributed by atoms with Crippen LogP contribution in [-0.2, 0) is 4.79 Å². The van der Waals surface area contributed by atoms with Gasteiger partial charge in [-0.05, 0) is 31.6 Å². The molecule has 0 aliphatic carbocycles. The zero-order valence-electron chi connectivity index (χ0n) is 16.8. The van der Waals surface area contributed by atoms with Gasteiger partial charge in [0.15, 0.2) is 0 Å². The van der Waals surface area contributed by atoms with Gasteiger partial charge in [-0.25, -0.2) is 0 Å². The van der Waals surface area contributed by atoms with Gasteiger partial charge in [0, 0.05) is 19.0 Å². The molecule has 1 aliphatic rings. The van der Waals surface area contributed by atoms with Crippen LogP contribution in [0.3, 0.4) is 0 Å². The molecule has 0 saturated carbocycles. The predicted molar refractivity (Wildman–Crippen MR) is 105 cm³/mol. The third-order valence-electron chi connectivity index (χ3n) is 5.88. The lowest BCUT2D eigenvalue weighted by Gasteiger charge is -2.23.